The fourth-order valence-corrected chi connectivity index (χ4v) is 7.03. The predicted molar refractivity (Wildman–Crippen MR) is 163 cm³/mol. The summed E-state index contributed by atoms with van der Waals surface area (Å²) in [6.45, 7) is 2.20. The van der Waals surface area contributed by atoms with Crippen molar-refractivity contribution in [1.82, 2.24) is 14.2 Å². The number of fused-ring (bicyclic) bond motifs is 2. The molecule has 1 aromatic heterocycles. The first-order valence-electron chi connectivity index (χ1n) is 14.1. The molecule has 43 heavy (non-hydrogen) atoms. The highest BCUT2D eigenvalue weighted by Crippen LogP contribution is 2.38. The number of phenols is 1. The summed E-state index contributed by atoms with van der Waals surface area (Å²) in [5, 5.41) is 10.3. The molecule has 220 valence electrons. The van der Waals surface area contributed by atoms with Gasteiger partial charge in [0.1, 0.15) is 5.75 Å². The number of esters is 1. The molecule has 10 heteroatoms. The van der Waals surface area contributed by atoms with Gasteiger partial charge in [-0.1, -0.05) is 48.0 Å². The standard InChI is InChI=1S/C33H31N3O6S/c1-22-6-13-26(14-7-22)43(40,41)36-18-16-35(17-19-36)30(38)21-42-33(39)31-27-4-2-3-5-29(27)34-32-24(10-15-28(31)32)20-23-8-11-25(37)12-9-23/h2-9,11-14,20,37H,10,15-19,21H2,1H3. The minimum Gasteiger partial charge on any atom is -0.508 e. The fourth-order valence-electron chi connectivity index (χ4n) is 5.61. The van der Waals surface area contributed by atoms with Gasteiger partial charge in [-0.25, -0.2) is 18.2 Å². The Kier molecular flexibility index (Phi) is 7.72. The lowest BCUT2D eigenvalue weighted by Gasteiger charge is -2.33. The van der Waals surface area contributed by atoms with Crippen molar-refractivity contribution in [1.29, 1.82) is 0 Å². The summed E-state index contributed by atoms with van der Waals surface area (Å²) in [6.07, 6.45) is 3.30. The molecular formula is C33H31N3O6S. The van der Waals surface area contributed by atoms with E-state index in [9.17, 15) is 23.1 Å². The first-order chi connectivity index (χ1) is 20.7. The number of carbonyl (C=O) groups is 2. The summed E-state index contributed by atoms with van der Waals surface area (Å²) in [7, 11) is -3.65. The van der Waals surface area contributed by atoms with Crippen molar-refractivity contribution in [2.75, 3.05) is 32.8 Å². The van der Waals surface area contributed by atoms with Crippen molar-refractivity contribution in [3.63, 3.8) is 0 Å². The van der Waals surface area contributed by atoms with E-state index < -0.39 is 22.6 Å². The van der Waals surface area contributed by atoms with Gasteiger partial charge in [0, 0.05) is 31.6 Å². The number of piperazine rings is 1. The van der Waals surface area contributed by atoms with E-state index in [1.807, 2.05) is 49.4 Å². The molecule has 0 atom stereocenters. The largest absolute Gasteiger partial charge is 0.508 e. The Hall–Kier alpha value is -4.54. The van der Waals surface area contributed by atoms with E-state index in [-0.39, 0.29) is 42.7 Å². The van der Waals surface area contributed by atoms with Crippen LogP contribution >= 0.6 is 0 Å². The second-order valence-corrected chi connectivity index (χ2v) is 12.7. The number of para-hydroxylation sites is 1. The summed E-state index contributed by atoms with van der Waals surface area (Å²) < 4.78 is 33.0. The van der Waals surface area contributed by atoms with Crippen LogP contribution in [-0.4, -0.2) is 72.4 Å². The molecule has 1 fully saturated rings. The van der Waals surface area contributed by atoms with Gasteiger partial charge in [0.15, 0.2) is 6.61 Å². The molecule has 1 amide bonds. The first kappa shape index (κ1) is 28.6. The molecule has 4 aromatic rings. The lowest BCUT2D eigenvalue weighted by Crippen LogP contribution is -2.51. The van der Waals surface area contributed by atoms with Gasteiger partial charge in [0.25, 0.3) is 5.91 Å². The Balaban J connectivity index is 1.16. The van der Waals surface area contributed by atoms with Crippen molar-refractivity contribution >= 4 is 44.5 Å². The molecule has 0 unspecified atom stereocenters. The average molecular weight is 598 g/mol. The SMILES string of the molecule is Cc1ccc(S(=O)(=O)N2CCN(C(=O)COC(=O)c3c4c(nc5ccccc35)C(=Cc3ccc(O)cc3)CC4)CC2)cc1. The van der Waals surface area contributed by atoms with E-state index in [2.05, 4.69) is 0 Å². The number of allylic oxidation sites excluding steroid dienone is 1. The maximum absolute atomic E-state index is 13.5. The number of rotatable bonds is 6. The van der Waals surface area contributed by atoms with Gasteiger partial charge < -0.3 is 14.7 Å². The Morgan fingerprint density at radius 1 is 0.930 bits per heavy atom. The van der Waals surface area contributed by atoms with E-state index in [1.54, 1.807) is 36.4 Å². The Morgan fingerprint density at radius 3 is 2.35 bits per heavy atom. The van der Waals surface area contributed by atoms with Crippen molar-refractivity contribution in [3.8, 4) is 5.75 Å². The van der Waals surface area contributed by atoms with Gasteiger partial charge in [0.2, 0.25) is 10.0 Å². The summed E-state index contributed by atoms with van der Waals surface area (Å²) in [4.78, 5) is 33.2. The van der Waals surface area contributed by atoms with E-state index in [0.717, 1.165) is 28.0 Å². The molecule has 1 aliphatic heterocycles. The Morgan fingerprint density at radius 2 is 1.63 bits per heavy atom. The highest BCUT2D eigenvalue weighted by molar-refractivity contribution is 7.89. The van der Waals surface area contributed by atoms with Crippen molar-refractivity contribution in [2.45, 2.75) is 24.7 Å². The number of benzene rings is 3. The lowest BCUT2D eigenvalue weighted by molar-refractivity contribution is -0.135. The third kappa shape index (κ3) is 5.76. The molecule has 0 bridgehead atoms. The molecule has 0 saturated carbocycles. The number of hydrogen-bond donors (Lipinski definition) is 1. The average Bonchev–Trinajstić information content (AvgIpc) is 3.41. The zero-order chi connectivity index (χ0) is 30.1. The van der Waals surface area contributed by atoms with Gasteiger partial charge in [-0.3, -0.25) is 4.79 Å². The second kappa shape index (κ2) is 11.6. The number of pyridine rings is 1. The van der Waals surface area contributed by atoms with Crippen LogP contribution in [0, 0.1) is 6.92 Å². The molecule has 6 rings (SSSR count). The van der Waals surface area contributed by atoms with Gasteiger partial charge in [-0.2, -0.15) is 4.31 Å². The molecule has 2 aliphatic rings. The van der Waals surface area contributed by atoms with Crippen molar-refractivity contribution in [2.24, 2.45) is 0 Å². The third-order valence-corrected chi connectivity index (χ3v) is 9.87. The van der Waals surface area contributed by atoms with Crippen LogP contribution in [0.3, 0.4) is 0 Å². The first-order valence-corrected chi connectivity index (χ1v) is 15.6. The van der Waals surface area contributed by atoms with Crippen LogP contribution in [0.5, 0.6) is 5.75 Å². The molecule has 9 nitrogen and oxygen atoms in total. The number of phenolic OH excluding ortho intramolecular Hbond substituents is 1. The third-order valence-electron chi connectivity index (χ3n) is 7.96. The second-order valence-electron chi connectivity index (χ2n) is 10.8. The number of aromatic nitrogens is 1. The summed E-state index contributed by atoms with van der Waals surface area (Å²) in [5.41, 5.74) is 5.46. The Labute approximate surface area is 250 Å². The van der Waals surface area contributed by atoms with Crippen LogP contribution in [-0.2, 0) is 26.0 Å². The minimum absolute atomic E-state index is 0.161. The van der Waals surface area contributed by atoms with Crippen LogP contribution in [0.25, 0.3) is 22.6 Å². The molecule has 1 saturated heterocycles. The minimum atomic E-state index is -3.65. The van der Waals surface area contributed by atoms with Crippen molar-refractivity contribution < 1.29 is 27.9 Å². The number of sulfonamides is 1. The summed E-state index contributed by atoms with van der Waals surface area (Å²) in [6, 6.07) is 21.0. The van der Waals surface area contributed by atoms with E-state index in [1.165, 1.54) is 9.21 Å². The lowest BCUT2D eigenvalue weighted by atomic mass is 10.0. The van der Waals surface area contributed by atoms with Crippen molar-refractivity contribution in [3.05, 3.63) is 101 Å². The van der Waals surface area contributed by atoms with E-state index in [4.69, 9.17) is 9.72 Å². The molecule has 3 aromatic carbocycles. The van der Waals surface area contributed by atoms with Crippen LogP contribution < -0.4 is 0 Å². The molecule has 0 spiro atoms. The highest BCUT2D eigenvalue weighted by Gasteiger charge is 2.31. The van der Waals surface area contributed by atoms with Crippen LogP contribution in [0.15, 0.2) is 77.7 Å². The van der Waals surface area contributed by atoms with E-state index >= 15 is 0 Å². The quantitative estimate of drug-likeness (QED) is 0.327. The predicted octanol–water partition coefficient (Wildman–Crippen LogP) is 4.43. The van der Waals surface area contributed by atoms with Crippen LogP contribution in [0.1, 0.15) is 39.2 Å². The van der Waals surface area contributed by atoms with Gasteiger partial charge >= 0.3 is 5.97 Å². The number of hydrogen-bond acceptors (Lipinski definition) is 7. The number of carbonyl (C=O) groups excluding carboxylic acids is 2. The van der Waals surface area contributed by atoms with Gasteiger partial charge in [-0.05, 0) is 72.9 Å². The van der Waals surface area contributed by atoms with Crippen LogP contribution in [0.2, 0.25) is 0 Å². The zero-order valence-corrected chi connectivity index (χ0v) is 24.5. The maximum atomic E-state index is 13.5. The molecule has 1 aliphatic carbocycles. The highest BCUT2D eigenvalue weighted by atomic mass is 32.2. The molecule has 0 radical (unpaired) electrons. The smallest absolute Gasteiger partial charge is 0.339 e. The molecule has 1 N–H and O–H groups in total. The summed E-state index contributed by atoms with van der Waals surface area (Å²) in [5.74, 6) is -0.773. The van der Waals surface area contributed by atoms with E-state index in [0.29, 0.717) is 29.3 Å². The monoisotopic (exact) mass is 597 g/mol. The number of nitrogens with zero attached hydrogens (tertiary/aromatic N) is 3. The normalized spacial score (nSPS) is 16.4. The molecule has 2 heterocycles. The number of ether oxygens (including phenoxy) is 1. The molecular weight excluding hydrogens is 566 g/mol. The number of amides is 1. The Bertz CT molecular complexity index is 1840. The number of aromatic hydroxyl groups is 1. The maximum Gasteiger partial charge on any atom is 0.339 e. The van der Waals surface area contributed by atoms with Gasteiger partial charge in [-0.15, -0.1) is 0 Å². The van der Waals surface area contributed by atoms with Gasteiger partial charge in [0.05, 0.1) is 21.7 Å². The topological polar surface area (TPSA) is 117 Å². The summed E-state index contributed by atoms with van der Waals surface area (Å²) >= 11 is 0. The fraction of sp³-hybridized carbons (Fsp3) is 0.242. The zero-order valence-electron chi connectivity index (χ0n) is 23.7. The number of aryl methyl sites for hydroxylation is 1. The van der Waals surface area contributed by atoms with Crippen LogP contribution in [0.4, 0.5) is 0 Å².